The first-order chi connectivity index (χ1) is 13.3. The van der Waals surface area contributed by atoms with Crippen LogP contribution in [-0.2, 0) is 9.84 Å². The molecule has 5 heteroatoms. The smallest absolute Gasteiger partial charge is 0.175 e. The molecule has 0 saturated heterocycles. The molecule has 0 N–H and O–H groups in total. The third-order valence-electron chi connectivity index (χ3n) is 4.90. The number of hydrogen-bond acceptors (Lipinski definition) is 3. The molecule has 0 aliphatic heterocycles. The number of sulfone groups is 1. The Morgan fingerprint density at radius 1 is 0.750 bits per heavy atom. The number of benzene rings is 3. The number of rotatable bonds is 6. The summed E-state index contributed by atoms with van der Waals surface area (Å²) in [6.45, 7) is 0. The standard InChI is InChI=1S/C23H24INO2S/c1-25(2)23(16-24)21-10-8-19(9-11-21)17-4-6-18(7-5-17)20-12-14-22(15-13-20)28(3,26)27/h4-15,23H,16H2,1-3H3. The van der Waals surface area contributed by atoms with Crippen LogP contribution in [0.15, 0.2) is 77.7 Å². The van der Waals surface area contributed by atoms with E-state index >= 15 is 0 Å². The Morgan fingerprint density at radius 3 is 1.43 bits per heavy atom. The van der Waals surface area contributed by atoms with E-state index in [0.717, 1.165) is 15.6 Å². The molecule has 3 aromatic carbocycles. The Morgan fingerprint density at radius 2 is 1.11 bits per heavy atom. The van der Waals surface area contributed by atoms with Crippen molar-refractivity contribution in [2.75, 3.05) is 24.8 Å². The van der Waals surface area contributed by atoms with Crippen LogP contribution in [0.5, 0.6) is 0 Å². The molecule has 1 atom stereocenters. The van der Waals surface area contributed by atoms with Crippen molar-refractivity contribution in [3.8, 4) is 22.3 Å². The maximum Gasteiger partial charge on any atom is 0.175 e. The summed E-state index contributed by atoms with van der Waals surface area (Å²) < 4.78 is 24.3. The van der Waals surface area contributed by atoms with Crippen LogP contribution in [0.2, 0.25) is 0 Å². The number of alkyl halides is 1. The average molecular weight is 505 g/mol. The topological polar surface area (TPSA) is 37.4 Å². The predicted octanol–water partition coefficient (Wildman–Crippen LogP) is 5.46. The summed E-state index contributed by atoms with van der Waals surface area (Å²) in [6.07, 6.45) is 1.23. The molecule has 3 rings (SSSR count). The van der Waals surface area contributed by atoms with E-state index in [9.17, 15) is 8.42 Å². The van der Waals surface area contributed by atoms with E-state index in [2.05, 4.69) is 90.1 Å². The minimum Gasteiger partial charge on any atom is -0.302 e. The van der Waals surface area contributed by atoms with Gasteiger partial charge in [0.05, 0.1) is 4.90 Å². The van der Waals surface area contributed by atoms with E-state index in [1.165, 1.54) is 22.9 Å². The molecular formula is C23H24INO2S. The molecule has 0 aliphatic rings. The van der Waals surface area contributed by atoms with E-state index in [1.54, 1.807) is 12.1 Å². The van der Waals surface area contributed by atoms with E-state index < -0.39 is 9.84 Å². The van der Waals surface area contributed by atoms with Crippen LogP contribution in [0.3, 0.4) is 0 Å². The van der Waals surface area contributed by atoms with Crippen LogP contribution >= 0.6 is 22.6 Å². The highest BCUT2D eigenvalue weighted by Crippen LogP contribution is 2.28. The Kier molecular flexibility index (Phi) is 6.58. The van der Waals surface area contributed by atoms with Gasteiger partial charge in [-0.2, -0.15) is 0 Å². The normalized spacial score (nSPS) is 12.9. The maximum absolute atomic E-state index is 11.6. The van der Waals surface area contributed by atoms with Crippen molar-refractivity contribution >= 4 is 32.4 Å². The predicted molar refractivity (Wildman–Crippen MR) is 126 cm³/mol. The van der Waals surface area contributed by atoms with Crippen LogP contribution in [0.25, 0.3) is 22.3 Å². The largest absolute Gasteiger partial charge is 0.302 e. The zero-order chi connectivity index (χ0) is 20.3. The van der Waals surface area contributed by atoms with Crippen molar-refractivity contribution < 1.29 is 8.42 Å². The van der Waals surface area contributed by atoms with Gasteiger partial charge in [-0.1, -0.05) is 83.3 Å². The third-order valence-corrected chi connectivity index (χ3v) is 6.86. The molecule has 1 unspecified atom stereocenters. The lowest BCUT2D eigenvalue weighted by atomic mass is 9.98. The molecule has 0 radical (unpaired) electrons. The lowest BCUT2D eigenvalue weighted by Gasteiger charge is -2.22. The van der Waals surface area contributed by atoms with Crippen molar-refractivity contribution in [1.82, 2.24) is 4.90 Å². The molecule has 0 amide bonds. The highest BCUT2D eigenvalue weighted by Gasteiger charge is 2.12. The fraction of sp³-hybridized carbons (Fsp3) is 0.217. The highest BCUT2D eigenvalue weighted by atomic mass is 127. The minimum absolute atomic E-state index is 0.343. The summed E-state index contributed by atoms with van der Waals surface area (Å²) in [6, 6.07) is 24.6. The first-order valence-corrected chi connectivity index (χ1v) is 12.4. The summed E-state index contributed by atoms with van der Waals surface area (Å²) in [4.78, 5) is 2.58. The van der Waals surface area contributed by atoms with Crippen molar-refractivity contribution in [3.05, 3.63) is 78.4 Å². The summed E-state index contributed by atoms with van der Waals surface area (Å²) in [7, 11) is 1.05. The van der Waals surface area contributed by atoms with Crippen molar-refractivity contribution in [3.63, 3.8) is 0 Å². The van der Waals surface area contributed by atoms with Crippen molar-refractivity contribution in [1.29, 1.82) is 0 Å². The number of nitrogens with zero attached hydrogens (tertiary/aromatic N) is 1. The zero-order valence-corrected chi connectivity index (χ0v) is 19.2. The quantitative estimate of drug-likeness (QED) is 0.330. The van der Waals surface area contributed by atoms with Gasteiger partial charge in [0.2, 0.25) is 0 Å². The van der Waals surface area contributed by atoms with Gasteiger partial charge in [-0.05, 0) is 54.0 Å². The summed E-state index contributed by atoms with van der Waals surface area (Å²) in [5.74, 6) is 0. The first-order valence-electron chi connectivity index (χ1n) is 9.03. The lowest BCUT2D eigenvalue weighted by Crippen LogP contribution is -2.20. The van der Waals surface area contributed by atoms with Crippen LogP contribution in [-0.4, -0.2) is 38.1 Å². The molecular weight excluding hydrogens is 481 g/mol. The second kappa shape index (κ2) is 8.76. The SMILES string of the molecule is CN(C)C(CI)c1ccc(-c2ccc(-c3ccc(S(C)(=O)=O)cc3)cc2)cc1. The van der Waals surface area contributed by atoms with Gasteiger partial charge in [-0.15, -0.1) is 0 Å². The van der Waals surface area contributed by atoms with Gasteiger partial charge in [0.25, 0.3) is 0 Å². The highest BCUT2D eigenvalue weighted by molar-refractivity contribution is 14.1. The zero-order valence-electron chi connectivity index (χ0n) is 16.3. The van der Waals surface area contributed by atoms with E-state index in [-0.39, 0.29) is 0 Å². The van der Waals surface area contributed by atoms with Gasteiger partial charge >= 0.3 is 0 Å². The Balaban J connectivity index is 1.81. The van der Waals surface area contributed by atoms with Crippen LogP contribution in [0, 0.1) is 0 Å². The second-order valence-electron chi connectivity index (χ2n) is 7.13. The molecule has 146 valence electrons. The minimum atomic E-state index is -3.17. The van der Waals surface area contributed by atoms with E-state index in [1.807, 2.05) is 12.1 Å². The number of halogens is 1. The molecule has 0 heterocycles. The molecule has 0 bridgehead atoms. The number of hydrogen-bond donors (Lipinski definition) is 0. The van der Waals surface area contributed by atoms with Crippen LogP contribution in [0.4, 0.5) is 0 Å². The van der Waals surface area contributed by atoms with Crippen molar-refractivity contribution in [2.45, 2.75) is 10.9 Å². The molecule has 28 heavy (non-hydrogen) atoms. The Hall–Kier alpha value is -1.70. The first kappa shape index (κ1) is 21.0. The third kappa shape index (κ3) is 4.82. The molecule has 0 aromatic heterocycles. The van der Waals surface area contributed by atoms with Gasteiger partial charge in [0.15, 0.2) is 9.84 Å². The van der Waals surface area contributed by atoms with Gasteiger partial charge < -0.3 is 4.90 Å². The average Bonchev–Trinajstić information content (AvgIpc) is 2.68. The fourth-order valence-electron chi connectivity index (χ4n) is 3.17. The Bertz CT molecular complexity index is 1030. The van der Waals surface area contributed by atoms with Gasteiger partial charge in [-0.25, -0.2) is 8.42 Å². The molecule has 0 aliphatic carbocycles. The summed E-state index contributed by atoms with van der Waals surface area (Å²) >= 11 is 2.43. The molecule has 0 saturated carbocycles. The summed E-state index contributed by atoms with van der Waals surface area (Å²) in [5, 5.41) is 0. The monoisotopic (exact) mass is 505 g/mol. The van der Waals surface area contributed by atoms with Crippen LogP contribution in [0.1, 0.15) is 11.6 Å². The fourth-order valence-corrected chi connectivity index (χ4v) is 5.10. The molecule has 3 aromatic rings. The van der Waals surface area contributed by atoms with Gasteiger partial charge in [0.1, 0.15) is 0 Å². The van der Waals surface area contributed by atoms with Crippen LogP contribution < -0.4 is 0 Å². The maximum atomic E-state index is 11.6. The summed E-state index contributed by atoms with van der Waals surface area (Å²) in [5.41, 5.74) is 5.75. The Labute approximate surface area is 181 Å². The second-order valence-corrected chi connectivity index (χ2v) is 10.0. The van der Waals surface area contributed by atoms with Gasteiger partial charge in [-0.3, -0.25) is 0 Å². The van der Waals surface area contributed by atoms with Gasteiger partial charge in [0, 0.05) is 16.7 Å². The van der Waals surface area contributed by atoms with E-state index in [4.69, 9.17) is 0 Å². The molecule has 0 spiro atoms. The van der Waals surface area contributed by atoms with Crippen molar-refractivity contribution in [2.24, 2.45) is 0 Å². The van der Waals surface area contributed by atoms with E-state index in [0.29, 0.717) is 10.9 Å². The molecule has 3 nitrogen and oxygen atoms in total. The lowest BCUT2D eigenvalue weighted by molar-refractivity contribution is 0.329. The molecule has 0 fully saturated rings.